The molecule has 1 heterocycles. The summed E-state index contributed by atoms with van der Waals surface area (Å²) < 4.78 is 0. The molecular formula is C11H13NO2. The number of hydrogen-bond donors (Lipinski definition) is 3. The zero-order valence-corrected chi connectivity index (χ0v) is 7.83. The molecule has 14 heavy (non-hydrogen) atoms. The molecule has 1 aliphatic rings. The molecule has 2 rings (SSSR count). The van der Waals surface area contributed by atoms with Gasteiger partial charge in [-0.1, -0.05) is 11.6 Å². The molecule has 1 aromatic rings. The van der Waals surface area contributed by atoms with Crippen molar-refractivity contribution in [1.29, 1.82) is 0 Å². The van der Waals surface area contributed by atoms with Gasteiger partial charge in [0, 0.05) is 12.6 Å². The van der Waals surface area contributed by atoms with Crippen LogP contribution in [0.25, 0.3) is 6.08 Å². The van der Waals surface area contributed by atoms with Crippen molar-refractivity contribution in [2.75, 3.05) is 13.1 Å². The molecular weight excluding hydrogens is 178 g/mol. The highest BCUT2D eigenvalue weighted by atomic mass is 16.3. The maximum atomic E-state index is 9.26. The Balaban J connectivity index is 2.27. The summed E-state index contributed by atoms with van der Waals surface area (Å²) >= 11 is 0. The number of phenols is 2. The Morgan fingerprint density at radius 1 is 1.14 bits per heavy atom. The first-order valence-corrected chi connectivity index (χ1v) is 4.67. The van der Waals surface area contributed by atoms with Crippen LogP contribution in [-0.4, -0.2) is 23.3 Å². The molecule has 0 aliphatic carbocycles. The molecule has 3 nitrogen and oxygen atoms in total. The van der Waals surface area contributed by atoms with Crippen molar-refractivity contribution in [2.24, 2.45) is 0 Å². The van der Waals surface area contributed by atoms with Gasteiger partial charge in [0.2, 0.25) is 0 Å². The summed E-state index contributed by atoms with van der Waals surface area (Å²) in [5.74, 6) is 0.200. The zero-order chi connectivity index (χ0) is 9.97. The van der Waals surface area contributed by atoms with Gasteiger partial charge in [0.05, 0.1) is 0 Å². The van der Waals surface area contributed by atoms with Crippen LogP contribution < -0.4 is 5.32 Å². The van der Waals surface area contributed by atoms with Crippen LogP contribution in [0, 0.1) is 0 Å². The first kappa shape index (κ1) is 9.09. The van der Waals surface area contributed by atoms with Crippen molar-refractivity contribution in [3.63, 3.8) is 0 Å². The van der Waals surface area contributed by atoms with E-state index in [2.05, 4.69) is 5.32 Å². The van der Waals surface area contributed by atoms with Crippen LogP contribution in [-0.2, 0) is 0 Å². The van der Waals surface area contributed by atoms with Gasteiger partial charge in [-0.15, -0.1) is 0 Å². The Hall–Kier alpha value is -1.48. The Bertz CT molecular complexity index is 343. The van der Waals surface area contributed by atoms with E-state index in [1.165, 1.54) is 11.6 Å². The highest BCUT2D eigenvalue weighted by molar-refractivity contribution is 5.58. The number of phenolic OH excluding ortho intramolecular Hbond substituents is 2. The van der Waals surface area contributed by atoms with E-state index in [1.54, 1.807) is 12.1 Å². The van der Waals surface area contributed by atoms with E-state index in [0.717, 1.165) is 25.1 Å². The summed E-state index contributed by atoms with van der Waals surface area (Å²) in [4.78, 5) is 0. The van der Waals surface area contributed by atoms with Gasteiger partial charge in [-0.05, 0) is 30.7 Å². The molecule has 1 saturated heterocycles. The molecule has 0 spiro atoms. The van der Waals surface area contributed by atoms with Crippen LogP contribution in [0.2, 0.25) is 0 Å². The predicted octanol–water partition coefficient (Wildman–Crippen LogP) is 1.47. The fraction of sp³-hybridized carbons (Fsp3) is 0.273. The highest BCUT2D eigenvalue weighted by Gasteiger charge is 2.05. The maximum Gasteiger partial charge on any atom is 0.119 e. The third-order valence-corrected chi connectivity index (χ3v) is 2.27. The lowest BCUT2D eigenvalue weighted by molar-refractivity contribution is 0.450. The maximum absolute atomic E-state index is 9.26. The van der Waals surface area contributed by atoms with Crippen LogP contribution in [0.15, 0.2) is 23.8 Å². The SMILES string of the molecule is Oc1cc(O)cc(/C=C2\CCNC2)c1. The molecule has 0 amide bonds. The Labute approximate surface area is 82.7 Å². The number of nitrogens with one attached hydrogen (secondary N) is 1. The molecule has 3 heteroatoms. The van der Waals surface area contributed by atoms with Crippen molar-refractivity contribution in [3.8, 4) is 11.5 Å². The van der Waals surface area contributed by atoms with Gasteiger partial charge in [0.1, 0.15) is 11.5 Å². The van der Waals surface area contributed by atoms with Gasteiger partial charge in [0.15, 0.2) is 0 Å². The lowest BCUT2D eigenvalue weighted by Gasteiger charge is -1.99. The first-order valence-electron chi connectivity index (χ1n) is 4.67. The fourth-order valence-electron chi connectivity index (χ4n) is 1.65. The molecule has 1 aromatic carbocycles. The summed E-state index contributed by atoms with van der Waals surface area (Å²) in [6.45, 7) is 1.91. The summed E-state index contributed by atoms with van der Waals surface area (Å²) in [5.41, 5.74) is 2.15. The molecule has 0 atom stereocenters. The summed E-state index contributed by atoms with van der Waals surface area (Å²) in [7, 11) is 0. The molecule has 1 fully saturated rings. The minimum Gasteiger partial charge on any atom is -0.508 e. The Morgan fingerprint density at radius 3 is 2.43 bits per heavy atom. The molecule has 0 saturated carbocycles. The molecule has 3 N–H and O–H groups in total. The van der Waals surface area contributed by atoms with Crippen LogP contribution in [0.4, 0.5) is 0 Å². The van der Waals surface area contributed by atoms with Crippen molar-refractivity contribution < 1.29 is 10.2 Å². The van der Waals surface area contributed by atoms with Gasteiger partial charge in [-0.3, -0.25) is 0 Å². The van der Waals surface area contributed by atoms with Crippen molar-refractivity contribution in [1.82, 2.24) is 5.32 Å². The number of rotatable bonds is 1. The third kappa shape index (κ3) is 2.06. The van der Waals surface area contributed by atoms with E-state index in [9.17, 15) is 10.2 Å². The Kier molecular flexibility index (Phi) is 2.41. The van der Waals surface area contributed by atoms with Gasteiger partial charge in [-0.25, -0.2) is 0 Å². The number of aromatic hydroxyl groups is 2. The molecule has 1 aliphatic heterocycles. The standard InChI is InChI=1S/C11H13NO2/c13-10-4-9(5-11(14)6-10)3-8-1-2-12-7-8/h3-6,12-14H,1-2,7H2/b8-3+. The monoisotopic (exact) mass is 191 g/mol. The summed E-state index contributed by atoms with van der Waals surface area (Å²) in [6, 6.07) is 4.62. The second-order valence-corrected chi connectivity index (χ2v) is 3.51. The molecule has 0 bridgehead atoms. The second kappa shape index (κ2) is 3.72. The molecule has 0 radical (unpaired) electrons. The topological polar surface area (TPSA) is 52.5 Å². The quantitative estimate of drug-likeness (QED) is 0.630. The smallest absolute Gasteiger partial charge is 0.119 e. The van der Waals surface area contributed by atoms with Gasteiger partial charge in [0.25, 0.3) is 0 Å². The van der Waals surface area contributed by atoms with Gasteiger partial charge >= 0.3 is 0 Å². The van der Waals surface area contributed by atoms with E-state index >= 15 is 0 Å². The lowest BCUT2D eigenvalue weighted by atomic mass is 10.1. The molecule has 74 valence electrons. The van der Waals surface area contributed by atoms with Gasteiger partial charge < -0.3 is 15.5 Å². The summed E-state index contributed by atoms with van der Waals surface area (Å²) in [5, 5.41) is 21.8. The van der Waals surface area contributed by atoms with Crippen LogP contribution in [0.3, 0.4) is 0 Å². The van der Waals surface area contributed by atoms with Crippen molar-refractivity contribution in [3.05, 3.63) is 29.3 Å². The highest BCUT2D eigenvalue weighted by Crippen LogP contribution is 2.23. The van der Waals surface area contributed by atoms with Crippen molar-refractivity contribution in [2.45, 2.75) is 6.42 Å². The van der Waals surface area contributed by atoms with Crippen molar-refractivity contribution >= 4 is 6.08 Å². The number of hydrogen-bond acceptors (Lipinski definition) is 3. The molecule has 0 aromatic heterocycles. The largest absolute Gasteiger partial charge is 0.508 e. The lowest BCUT2D eigenvalue weighted by Crippen LogP contribution is -2.04. The zero-order valence-electron chi connectivity index (χ0n) is 7.83. The van der Waals surface area contributed by atoms with E-state index < -0.39 is 0 Å². The van der Waals surface area contributed by atoms with E-state index in [-0.39, 0.29) is 11.5 Å². The second-order valence-electron chi connectivity index (χ2n) is 3.51. The van der Waals surface area contributed by atoms with Crippen LogP contribution >= 0.6 is 0 Å². The first-order chi connectivity index (χ1) is 6.74. The average Bonchev–Trinajstić information content (AvgIpc) is 2.54. The van der Waals surface area contributed by atoms with Crippen LogP contribution in [0.5, 0.6) is 11.5 Å². The molecule has 0 unspecified atom stereocenters. The van der Waals surface area contributed by atoms with E-state index in [1.807, 2.05) is 6.08 Å². The van der Waals surface area contributed by atoms with E-state index in [0.29, 0.717) is 0 Å². The van der Waals surface area contributed by atoms with Gasteiger partial charge in [-0.2, -0.15) is 0 Å². The third-order valence-electron chi connectivity index (χ3n) is 2.27. The van der Waals surface area contributed by atoms with E-state index in [4.69, 9.17) is 0 Å². The Morgan fingerprint density at radius 2 is 1.86 bits per heavy atom. The predicted molar refractivity (Wildman–Crippen MR) is 55.2 cm³/mol. The normalized spacial score (nSPS) is 19.0. The summed E-state index contributed by atoms with van der Waals surface area (Å²) in [6.07, 6.45) is 3.04. The number of benzene rings is 1. The van der Waals surface area contributed by atoms with Crippen LogP contribution in [0.1, 0.15) is 12.0 Å². The minimum absolute atomic E-state index is 0.0998. The average molecular weight is 191 g/mol. The fourth-order valence-corrected chi connectivity index (χ4v) is 1.65. The minimum atomic E-state index is 0.0998.